The fraction of sp³-hybridized carbons (Fsp3) is 0.706. The molecule has 57 heavy (non-hydrogen) atoms. The zero-order valence-electron chi connectivity index (χ0n) is 37.1. The molecule has 0 aliphatic carbocycles. The highest BCUT2D eigenvalue weighted by Gasteiger charge is 2.19. The minimum Gasteiger partial charge on any atom is -0.462 e. The maximum Gasteiger partial charge on any atom is 0.306 e. The lowest BCUT2D eigenvalue weighted by Gasteiger charge is -2.18. The van der Waals surface area contributed by atoms with Gasteiger partial charge in [0.15, 0.2) is 6.10 Å². The Balaban J connectivity index is 4.14. The van der Waals surface area contributed by atoms with Crippen LogP contribution in [0.4, 0.5) is 0 Å². The summed E-state index contributed by atoms with van der Waals surface area (Å²) in [7, 11) is 0. The molecule has 0 rings (SSSR count). The zero-order valence-corrected chi connectivity index (χ0v) is 37.1. The van der Waals surface area contributed by atoms with Gasteiger partial charge in [-0.05, 0) is 70.6 Å². The van der Waals surface area contributed by atoms with E-state index in [1.807, 2.05) is 0 Å². The predicted octanol–water partition coefficient (Wildman–Crippen LogP) is 15.1. The van der Waals surface area contributed by atoms with Crippen LogP contribution in [-0.4, -0.2) is 37.2 Å². The summed E-state index contributed by atoms with van der Waals surface area (Å²) in [6.45, 7) is 6.40. The van der Waals surface area contributed by atoms with Crippen LogP contribution >= 0.6 is 0 Å². The zero-order chi connectivity index (χ0) is 41.5. The molecular weight excluding hydrogens is 709 g/mol. The third kappa shape index (κ3) is 43.8. The topological polar surface area (TPSA) is 78.9 Å². The van der Waals surface area contributed by atoms with Crippen molar-refractivity contribution < 1.29 is 28.6 Å². The van der Waals surface area contributed by atoms with Gasteiger partial charge in [0.05, 0.1) is 0 Å². The smallest absolute Gasteiger partial charge is 0.306 e. The van der Waals surface area contributed by atoms with E-state index in [4.69, 9.17) is 14.2 Å². The molecule has 6 heteroatoms. The lowest BCUT2D eigenvalue weighted by atomic mass is 10.1. The molecule has 6 nitrogen and oxygen atoms in total. The van der Waals surface area contributed by atoms with Crippen LogP contribution < -0.4 is 0 Å². The summed E-state index contributed by atoms with van der Waals surface area (Å²) >= 11 is 0. The van der Waals surface area contributed by atoms with Crippen LogP contribution in [0.15, 0.2) is 72.9 Å². The first kappa shape index (κ1) is 53.9. The van der Waals surface area contributed by atoms with Crippen LogP contribution in [0, 0.1) is 0 Å². The Hall–Kier alpha value is -3.15. The van der Waals surface area contributed by atoms with Gasteiger partial charge in [-0.15, -0.1) is 0 Å². The van der Waals surface area contributed by atoms with Crippen molar-refractivity contribution in [3.63, 3.8) is 0 Å². The molecule has 0 aromatic carbocycles. The number of ether oxygens (including phenoxy) is 3. The van der Waals surface area contributed by atoms with Crippen molar-refractivity contribution >= 4 is 17.9 Å². The minimum absolute atomic E-state index is 0.0797. The fourth-order valence-corrected chi connectivity index (χ4v) is 6.21. The summed E-state index contributed by atoms with van der Waals surface area (Å²) in [6.07, 6.45) is 56.3. The maximum absolute atomic E-state index is 12.6. The quantitative estimate of drug-likeness (QED) is 0.0265. The van der Waals surface area contributed by atoms with Gasteiger partial charge < -0.3 is 14.2 Å². The second-order valence-electron chi connectivity index (χ2n) is 15.3. The number of hydrogen-bond donors (Lipinski definition) is 0. The van der Waals surface area contributed by atoms with Crippen molar-refractivity contribution in [3.8, 4) is 0 Å². The third-order valence-corrected chi connectivity index (χ3v) is 9.73. The first-order valence-corrected chi connectivity index (χ1v) is 23.4. The number of carbonyl (C=O) groups is 3. The van der Waals surface area contributed by atoms with Crippen LogP contribution in [0.2, 0.25) is 0 Å². The summed E-state index contributed by atoms with van der Waals surface area (Å²) in [6, 6.07) is 0. The van der Waals surface area contributed by atoms with E-state index in [9.17, 15) is 14.4 Å². The summed E-state index contributed by atoms with van der Waals surface area (Å²) in [4.78, 5) is 37.4. The SMILES string of the molecule is CC/C=C\C/C=C\C/C=C\C/C=C\C/C=C\C/C=C\CCCCCCCCC(=O)OCC(COC(=O)CCCCCCCC)OC(=O)CCCCCCCCCC. The van der Waals surface area contributed by atoms with Crippen molar-refractivity contribution in [1.82, 2.24) is 0 Å². The van der Waals surface area contributed by atoms with Crippen LogP contribution in [0.3, 0.4) is 0 Å². The molecule has 0 heterocycles. The van der Waals surface area contributed by atoms with Gasteiger partial charge in [-0.1, -0.05) is 196 Å². The summed E-state index contributed by atoms with van der Waals surface area (Å²) < 4.78 is 16.6. The van der Waals surface area contributed by atoms with E-state index in [-0.39, 0.29) is 31.1 Å². The van der Waals surface area contributed by atoms with Gasteiger partial charge in [0.2, 0.25) is 0 Å². The van der Waals surface area contributed by atoms with E-state index in [0.29, 0.717) is 19.3 Å². The minimum atomic E-state index is -0.773. The molecule has 0 aliphatic heterocycles. The molecule has 0 radical (unpaired) electrons. The Morgan fingerprint density at radius 3 is 1.07 bits per heavy atom. The lowest BCUT2D eigenvalue weighted by Crippen LogP contribution is -2.30. The molecule has 0 amide bonds. The van der Waals surface area contributed by atoms with E-state index < -0.39 is 6.10 Å². The predicted molar refractivity (Wildman–Crippen MR) is 242 cm³/mol. The van der Waals surface area contributed by atoms with Crippen LogP contribution in [0.1, 0.15) is 213 Å². The molecule has 0 saturated carbocycles. The van der Waals surface area contributed by atoms with Crippen molar-refractivity contribution in [3.05, 3.63) is 72.9 Å². The monoisotopic (exact) mass is 795 g/mol. The van der Waals surface area contributed by atoms with Gasteiger partial charge >= 0.3 is 17.9 Å². The fourth-order valence-electron chi connectivity index (χ4n) is 6.21. The van der Waals surface area contributed by atoms with Crippen molar-refractivity contribution in [2.75, 3.05) is 13.2 Å². The molecule has 0 aliphatic rings. The number of unbranched alkanes of at least 4 members (excludes halogenated alkanes) is 18. The Bertz CT molecular complexity index is 1100. The van der Waals surface area contributed by atoms with Crippen LogP contribution in [0.25, 0.3) is 0 Å². The molecule has 0 aromatic heterocycles. The molecule has 1 unspecified atom stereocenters. The molecule has 326 valence electrons. The average molecular weight is 795 g/mol. The van der Waals surface area contributed by atoms with Crippen LogP contribution in [-0.2, 0) is 28.6 Å². The Labute approximate surface area is 351 Å². The standard InChI is InChI=1S/C51H86O6/c1-4-7-10-13-16-18-19-20-21-22-23-24-25-26-27-28-29-30-31-32-33-34-36-38-41-44-50(53)56-47-48(46-55-49(52)43-40-37-15-12-9-6-3)57-51(54)45-42-39-35-17-14-11-8-5-2/h7,10,16,18,20-21,23-24,26-27,29-30,48H,4-6,8-9,11-15,17,19,22,25,28,31-47H2,1-3H3/b10-7-,18-16-,21-20-,24-23-,27-26-,30-29-. The van der Waals surface area contributed by atoms with Crippen molar-refractivity contribution in [1.29, 1.82) is 0 Å². The molecule has 0 saturated heterocycles. The first-order valence-electron chi connectivity index (χ1n) is 23.4. The highest BCUT2D eigenvalue weighted by molar-refractivity contribution is 5.71. The number of esters is 3. The van der Waals surface area contributed by atoms with Gasteiger partial charge in [0, 0.05) is 19.3 Å². The van der Waals surface area contributed by atoms with E-state index in [0.717, 1.165) is 103 Å². The average Bonchev–Trinajstić information content (AvgIpc) is 3.21. The summed E-state index contributed by atoms with van der Waals surface area (Å²) in [5.41, 5.74) is 0. The number of rotatable bonds is 41. The molecule has 0 fully saturated rings. The molecular formula is C51H86O6. The van der Waals surface area contributed by atoms with Crippen molar-refractivity contribution in [2.24, 2.45) is 0 Å². The second-order valence-corrected chi connectivity index (χ2v) is 15.3. The maximum atomic E-state index is 12.6. The van der Waals surface area contributed by atoms with Gasteiger partial charge in [0.1, 0.15) is 13.2 Å². The van der Waals surface area contributed by atoms with Gasteiger partial charge in [-0.25, -0.2) is 0 Å². The lowest BCUT2D eigenvalue weighted by molar-refractivity contribution is -0.167. The number of carbonyl (C=O) groups excluding carboxylic acids is 3. The highest BCUT2D eigenvalue weighted by Crippen LogP contribution is 2.13. The molecule has 0 N–H and O–H groups in total. The third-order valence-electron chi connectivity index (χ3n) is 9.73. The molecule has 0 spiro atoms. The summed E-state index contributed by atoms with van der Waals surface area (Å²) in [5, 5.41) is 0. The van der Waals surface area contributed by atoms with E-state index in [2.05, 4.69) is 93.7 Å². The Morgan fingerprint density at radius 1 is 0.368 bits per heavy atom. The Kier molecular flexibility index (Phi) is 43.0. The number of allylic oxidation sites excluding steroid dienone is 12. The van der Waals surface area contributed by atoms with Crippen molar-refractivity contribution in [2.45, 2.75) is 219 Å². The summed E-state index contributed by atoms with van der Waals surface area (Å²) in [5.74, 6) is -0.914. The van der Waals surface area contributed by atoms with Gasteiger partial charge in [0.25, 0.3) is 0 Å². The number of hydrogen-bond acceptors (Lipinski definition) is 6. The van der Waals surface area contributed by atoms with Crippen LogP contribution in [0.5, 0.6) is 0 Å². The molecule has 0 bridgehead atoms. The Morgan fingerprint density at radius 2 is 0.684 bits per heavy atom. The molecule has 1 atom stereocenters. The largest absolute Gasteiger partial charge is 0.462 e. The van der Waals surface area contributed by atoms with E-state index >= 15 is 0 Å². The van der Waals surface area contributed by atoms with Gasteiger partial charge in [-0.3, -0.25) is 14.4 Å². The normalized spacial score (nSPS) is 12.7. The van der Waals surface area contributed by atoms with E-state index in [1.165, 1.54) is 70.6 Å². The first-order chi connectivity index (χ1) is 28.0. The van der Waals surface area contributed by atoms with E-state index in [1.54, 1.807) is 0 Å². The molecule has 0 aromatic rings. The highest BCUT2D eigenvalue weighted by atomic mass is 16.6. The second kappa shape index (κ2) is 45.6. The van der Waals surface area contributed by atoms with Gasteiger partial charge in [-0.2, -0.15) is 0 Å².